The number of rotatable bonds is 5. The molecule has 1 amide bonds. The van der Waals surface area contributed by atoms with E-state index in [0.717, 1.165) is 0 Å². The second-order valence-corrected chi connectivity index (χ2v) is 4.93. The van der Waals surface area contributed by atoms with Crippen molar-refractivity contribution in [1.29, 1.82) is 0 Å². The number of carbonyl (C=O) groups is 1. The second kappa shape index (κ2) is 6.63. The topological polar surface area (TPSA) is 67.2 Å². The van der Waals surface area contributed by atoms with Gasteiger partial charge < -0.3 is 15.2 Å². The van der Waals surface area contributed by atoms with E-state index < -0.39 is 0 Å². The number of nitrogens with zero attached hydrogens (tertiary/aromatic N) is 1. The van der Waals surface area contributed by atoms with Crippen LogP contribution in [0.4, 0.5) is 11.5 Å². The number of anilines is 2. The highest BCUT2D eigenvalue weighted by molar-refractivity contribution is 6.43. The number of nitrogens with one attached hydrogen (secondary N) is 2. The summed E-state index contributed by atoms with van der Waals surface area (Å²) in [5.41, 5.74) is 0.501. The number of hydrogen-bond donors (Lipinski definition) is 2. The van der Waals surface area contributed by atoms with Gasteiger partial charge in [-0.25, -0.2) is 0 Å². The highest BCUT2D eigenvalue weighted by Crippen LogP contribution is 2.29. The van der Waals surface area contributed by atoms with E-state index in [1.165, 1.54) is 0 Å². The molecule has 7 heteroatoms. The minimum Gasteiger partial charge on any atom is -0.367 e. The van der Waals surface area contributed by atoms with Gasteiger partial charge >= 0.3 is 0 Å². The van der Waals surface area contributed by atoms with Crippen LogP contribution in [0.25, 0.3) is 0 Å². The number of amides is 1. The van der Waals surface area contributed by atoms with Crippen molar-refractivity contribution < 1.29 is 9.32 Å². The number of hydrogen-bond acceptors (Lipinski definition) is 4. The minimum atomic E-state index is -0.165. The summed E-state index contributed by atoms with van der Waals surface area (Å²) in [4.78, 5) is 11.8. The molecule has 2 rings (SSSR count). The SMILES string of the molecule is Cc1cc(NCCC(=O)Nc2cccc(Cl)c2Cl)no1. The second-order valence-electron chi connectivity index (χ2n) is 4.15. The first-order chi connectivity index (χ1) is 9.56. The van der Waals surface area contributed by atoms with Crippen molar-refractivity contribution in [3.05, 3.63) is 40.1 Å². The summed E-state index contributed by atoms with van der Waals surface area (Å²) in [5, 5.41) is 10.2. The van der Waals surface area contributed by atoms with Crippen LogP contribution in [0.2, 0.25) is 10.0 Å². The van der Waals surface area contributed by atoms with Crippen LogP contribution >= 0.6 is 23.2 Å². The largest absolute Gasteiger partial charge is 0.367 e. The van der Waals surface area contributed by atoms with Crippen molar-refractivity contribution in [2.45, 2.75) is 13.3 Å². The van der Waals surface area contributed by atoms with Gasteiger partial charge in [0.05, 0.1) is 15.7 Å². The molecule has 0 aliphatic rings. The van der Waals surface area contributed by atoms with E-state index in [9.17, 15) is 4.79 Å². The minimum absolute atomic E-state index is 0.165. The Bertz CT molecular complexity index is 613. The van der Waals surface area contributed by atoms with Gasteiger partial charge in [-0.3, -0.25) is 4.79 Å². The van der Waals surface area contributed by atoms with Crippen LogP contribution in [0.5, 0.6) is 0 Å². The highest BCUT2D eigenvalue weighted by Gasteiger charge is 2.08. The summed E-state index contributed by atoms with van der Waals surface area (Å²) in [5.74, 6) is 1.15. The van der Waals surface area contributed by atoms with E-state index in [1.807, 2.05) is 0 Å². The van der Waals surface area contributed by atoms with Crippen LogP contribution in [-0.2, 0) is 4.79 Å². The third-order valence-electron chi connectivity index (χ3n) is 2.51. The van der Waals surface area contributed by atoms with Gasteiger partial charge in [-0.05, 0) is 19.1 Å². The van der Waals surface area contributed by atoms with Crippen LogP contribution in [0.3, 0.4) is 0 Å². The molecule has 0 spiro atoms. The van der Waals surface area contributed by atoms with Gasteiger partial charge in [0.15, 0.2) is 5.82 Å². The summed E-state index contributed by atoms with van der Waals surface area (Å²) >= 11 is 11.9. The molecule has 2 N–H and O–H groups in total. The average Bonchev–Trinajstić information content (AvgIpc) is 2.81. The van der Waals surface area contributed by atoms with Crippen molar-refractivity contribution >= 4 is 40.6 Å². The van der Waals surface area contributed by atoms with Crippen molar-refractivity contribution in [3.8, 4) is 0 Å². The fraction of sp³-hybridized carbons (Fsp3) is 0.231. The summed E-state index contributed by atoms with van der Waals surface area (Å²) in [6.45, 7) is 2.24. The summed E-state index contributed by atoms with van der Waals surface area (Å²) in [6, 6.07) is 6.83. The van der Waals surface area contributed by atoms with Crippen molar-refractivity contribution in [2.75, 3.05) is 17.2 Å². The molecule has 0 aliphatic carbocycles. The molecule has 1 heterocycles. The van der Waals surface area contributed by atoms with E-state index in [4.69, 9.17) is 27.7 Å². The first kappa shape index (κ1) is 14.7. The smallest absolute Gasteiger partial charge is 0.226 e. The van der Waals surface area contributed by atoms with Crippen molar-refractivity contribution in [2.24, 2.45) is 0 Å². The van der Waals surface area contributed by atoms with Crippen LogP contribution in [-0.4, -0.2) is 17.6 Å². The Morgan fingerprint density at radius 2 is 2.20 bits per heavy atom. The molecule has 1 aromatic carbocycles. The van der Waals surface area contributed by atoms with Gasteiger partial charge in [0.2, 0.25) is 5.91 Å². The molecule has 1 aromatic heterocycles. The lowest BCUT2D eigenvalue weighted by atomic mass is 10.3. The summed E-state index contributed by atoms with van der Waals surface area (Å²) in [7, 11) is 0. The van der Waals surface area contributed by atoms with Crippen LogP contribution in [0, 0.1) is 6.92 Å². The van der Waals surface area contributed by atoms with Crippen LogP contribution in [0.1, 0.15) is 12.2 Å². The van der Waals surface area contributed by atoms with Crippen molar-refractivity contribution in [3.63, 3.8) is 0 Å². The fourth-order valence-electron chi connectivity index (χ4n) is 1.57. The summed E-state index contributed by atoms with van der Waals surface area (Å²) < 4.78 is 4.90. The van der Waals surface area contributed by atoms with Gasteiger partial charge in [0.1, 0.15) is 5.76 Å². The molecule has 0 aliphatic heterocycles. The van der Waals surface area contributed by atoms with E-state index in [0.29, 0.717) is 33.9 Å². The molecule has 0 radical (unpaired) electrons. The Morgan fingerprint density at radius 3 is 2.90 bits per heavy atom. The molecule has 0 fully saturated rings. The van der Waals surface area contributed by atoms with Gasteiger partial charge in [0.25, 0.3) is 0 Å². The maximum absolute atomic E-state index is 11.8. The predicted molar refractivity (Wildman–Crippen MR) is 79.4 cm³/mol. The Hall–Kier alpha value is -1.72. The molecule has 0 atom stereocenters. The van der Waals surface area contributed by atoms with Gasteiger partial charge in [-0.1, -0.05) is 34.4 Å². The number of carbonyl (C=O) groups excluding carboxylic acids is 1. The van der Waals surface area contributed by atoms with Gasteiger partial charge in [-0.2, -0.15) is 0 Å². The Kier molecular flexibility index (Phi) is 4.87. The Labute approximate surface area is 126 Å². The summed E-state index contributed by atoms with van der Waals surface area (Å²) in [6.07, 6.45) is 0.273. The molecule has 20 heavy (non-hydrogen) atoms. The van der Waals surface area contributed by atoms with E-state index in [-0.39, 0.29) is 12.3 Å². The van der Waals surface area contributed by atoms with Gasteiger partial charge in [-0.15, -0.1) is 0 Å². The van der Waals surface area contributed by atoms with E-state index in [2.05, 4.69) is 15.8 Å². The molecular weight excluding hydrogens is 301 g/mol. The van der Waals surface area contributed by atoms with Gasteiger partial charge in [0, 0.05) is 19.0 Å². The number of benzene rings is 1. The highest BCUT2D eigenvalue weighted by atomic mass is 35.5. The number of aromatic nitrogens is 1. The molecule has 0 saturated carbocycles. The molecule has 5 nitrogen and oxygen atoms in total. The lowest BCUT2D eigenvalue weighted by Crippen LogP contribution is -2.16. The fourth-order valence-corrected chi connectivity index (χ4v) is 1.91. The Balaban J connectivity index is 1.82. The van der Waals surface area contributed by atoms with Crippen LogP contribution < -0.4 is 10.6 Å². The molecule has 0 unspecified atom stereocenters. The first-order valence-electron chi connectivity index (χ1n) is 5.97. The zero-order valence-electron chi connectivity index (χ0n) is 10.7. The maximum atomic E-state index is 11.8. The van der Waals surface area contributed by atoms with Crippen molar-refractivity contribution in [1.82, 2.24) is 5.16 Å². The monoisotopic (exact) mass is 313 g/mol. The van der Waals surface area contributed by atoms with E-state index >= 15 is 0 Å². The lowest BCUT2D eigenvalue weighted by molar-refractivity contribution is -0.115. The third kappa shape index (κ3) is 3.88. The molecule has 2 aromatic rings. The molecule has 0 saturated heterocycles. The third-order valence-corrected chi connectivity index (χ3v) is 3.33. The zero-order valence-corrected chi connectivity index (χ0v) is 12.3. The molecule has 0 bridgehead atoms. The quantitative estimate of drug-likeness (QED) is 0.882. The number of aryl methyl sites for hydroxylation is 1. The predicted octanol–water partition coefficient (Wildman–Crippen LogP) is 3.73. The molecule has 106 valence electrons. The first-order valence-corrected chi connectivity index (χ1v) is 6.73. The molecular formula is C13H13Cl2N3O2. The van der Waals surface area contributed by atoms with E-state index in [1.54, 1.807) is 31.2 Å². The normalized spacial score (nSPS) is 10.3. The standard InChI is InChI=1S/C13H13Cl2N3O2/c1-8-7-11(18-20-8)16-6-5-12(19)17-10-4-2-3-9(14)13(10)15/h2-4,7H,5-6H2,1H3,(H,16,18)(H,17,19). The lowest BCUT2D eigenvalue weighted by Gasteiger charge is -2.08. The number of halogens is 2. The maximum Gasteiger partial charge on any atom is 0.226 e. The average molecular weight is 314 g/mol. The zero-order chi connectivity index (χ0) is 14.5. The van der Waals surface area contributed by atoms with Crippen LogP contribution in [0.15, 0.2) is 28.8 Å². The Morgan fingerprint density at radius 1 is 1.40 bits per heavy atom.